The maximum absolute atomic E-state index is 13.2. The number of aromatic amines is 1. The third-order valence-corrected chi connectivity index (χ3v) is 4.37. The van der Waals surface area contributed by atoms with Gasteiger partial charge in [0.1, 0.15) is 23.8 Å². The van der Waals surface area contributed by atoms with Crippen molar-refractivity contribution in [2.24, 2.45) is 0 Å². The number of carbonyl (C=O) groups is 1. The highest BCUT2D eigenvalue weighted by Gasteiger charge is 2.39. The Labute approximate surface area is 146 Å². The summed E-state index contributed by atoms with van der Waals surface area (Å²) in [6, 6.07) is 6.23. The van der Waals surface area contributed by atoms with Gasteiger partial charge in [-0.1, -0.05) is 12.1 Å². The van der Waals surface area contributed by atoms with E-state index in [1.807, 2.05) is 0 Å². The van der Waals surface area contributed by atoms with Gasteiger partial charge in [0.2, 0.25) is 5.91 Å². The summed E-state index contributed by atoms with van der Waals surface area (Å²) in [5.74, 6) is 0.0598. The van der Waals surface area contributed by atoms with Crippen LogP contribution in [-0.2, 0) is 11.0 Å². The number of amides is 1. The number of nitrogens with one attached hydrogen (secondary N) is 2. The molecule has 3 aromatic rings. The quantitative estimate of drug-likeness (QED) is 0.751. The molecule has 0 spiro atoms. The third kappa shape index (κ3) is 2.75. The number of halogens is 3. The lowest BCUT2D eigenvalue weighted by Gasteiger charge is -2.21. The van der Waals surface area contributed by atoms with Crippen LogP contribution in [0.1, 0.15) is 12.0 Å². The van der Waals surface area contributed by atoms with E-state index in [1.54, 1.807) is 12.3 Å². The molecule has 1 amide bonds. The molecule has 2 N–H and O–H groups in total. The summed E-state index contributed by atoms with van der Waals surface area (Å²) in [6.45, 7) is 0.199. The van der Waals surface area contributed by atoms with Gasteiger partial charge in [-0.2, -0.15) is 13.2 Å². The van der Waals surface area contributed by atoms with Crippen molar-refractivity contribution in [1.29, 1.82) is 0 Å². The molecule has 4 rings (SSSR count). The number of nitrogens with zero attached hydrogens (tertiary/aromatic N) is 3. The Balaban J connectivity index is 1.61. The lowest BCUT2D eigenvalue weighted by atomic mass is 10.1. The predicted molar refractivity (Wildman–Crippen MR) is 89.7 cm³/mol. The predicted octanol–water partition coefficient (Wildman–Crippen LogP) is 3.19. The Morgan fingerprint density at radius 2 is 2.00 bits per heavy atom. The van der Waals surface area contributed by atoms with Gasteiger partial charge in [0, 0.05) is 12.7 Å². The molecule has 0 bridgehead atoms. The van der Waals surface area contributed by atoms with Gasteiger partial charge in [0.25, 0.3) is 0 Å². The number of aromatic nitrogens is 3. The summed E-state index contributed by atoms with van der Waals surface area (Å²) in [7, 11) is 0. The Kier molecular flexibility index (Phi) is 3.78. The zero-order chi connectivity index (χ0) is 18.3. The van der Waals surface area contributed by atoms with Crippen LogP contribution in [0.2, 0.25) is 0 Å². The summed E-state index contributed by atoms with van der Waals surface area (Å²) in [4.78, 5) is 25.0. The van der Waals surface area contributed by atoms with Gasteiger partial charge in [-0.3, -0.25) is 4.79 Å². The van der Waals surface area contributed by atoms with E-state index in [-0.39, 0.29) is 12.2 Å². The van der Waals surface area contributed by atoms with Crippen molar-refractivity contribution in [3.8, 4) is 0 Å². The fraction of sp³-hybridized carbons (Fsp3) is 0.235. The summed E-state index contributed by atoms with van der Waals surface area (Å²) in [5, 5.41) is 3.75. The molecule has 0 saturated carbocycles. The van der Waals surface area contributed by atoms with Gasteiger partial charge in [0.05, 0.1) is 16.6 Å². The van der Waals surface area contributed by atoms with Gasteiger partial charge in [-0.15, -0.1) is 0 Å². The molecule has 0 radical (unpaired) electrons. The lowest BCUT2D eigenvalue weighted by Crippen LogP contribution is -2.34. The van der Waals surface area contributed by atoms with Crippen molar-refractivity contribution >= 4 is 28.4 Å². The first-order valence-electron chi connectivity index (χ1n) is 7.97. The van der Waals surface area contributed by atoms with Crippen LogP contribution in [0, 0.1) is 0 Å². The highest BCUT2D eigenvalue weighted by molar-refractivity contribution is 6.02. The lowest BCUT2D eigenvalue weighted by molar-refractivity contribution is -0.137. The molecule has 134 valence electrons. The summed E-state index contributed by atoms with van der Waals surface area (Å²) >= 11 is 0. The average molecular weight is 361 g/mol. The van der Waals surface area contributed by atoms with E-state index in [2.05, 4.69) is 20.3 Å². The molecule has 1 aromatic carbocycles. The van der Waals surface area contributed by atoms with Crippen molar-refractivity contribution in [1.82, 2.24) is 15.0 Å². The highest BCUT2D eigenvalue weighted by Crippen LogP contribution is 2.38. The molecular weight excluding hydrogens is 347 g/mol. The number of fused-ring (bicyclic) bond motifs is 1. The van der Waals surface area contributed by atoms with Crippen LogP contribution in [0.4, 0.5) is 24.7 Å². The number of H-pyrrole nitrogens is 1. The fourth-order valence-corrected chi connectivity index (χ4v) is 3.15. The number of hydrogen-bond donors (Lipinski definition) is 2. The number of alkyl halides is 3. The monoisotopic (exact) mass is 361 g/mol. The van der Waals surface area contributed by atoms with Crippen LogP contribution in [0.25, 0.3) is 11.0 Å². The fourth-order valence-electron chi connectivity index (χ4n) is 3.15. The zero-order valence-electron chi connectivity index (χ0n) is 13.4. The van der Waals surface area contributed by atoms with E-state index >= 15 is 0 Å². The van der Waals surface area contributed by atoms with Gasteiger partial charge < -0.3 is 15.2 Å². The van der Waals surface area contributed by atoms with E-state index < -0.39 is 23.7 Å². The SMILES string of the molecule is O=C1C(Nc2ncnc3[nH]ccc23)CCN1c1ccccc1C(F)(F)F. The molecular formula is C17H14F3N5O. The first kappa shape index (κ1) is 16.4. The van der Waals surface area contributed by atoms with Gasteiger partial charge in [-0.25, -0.2) is 9.97 Å². The van der Waals surface area contributed by atoms with Crippen LogP contribution in [0.15, 0.2) is 42.9 Å². The summed E-state index contributed by atoms with van der Waals surface area (Å²) < 4.78 is 39.7. The smallest absolute Gasteiger partial charge is 0.358 e. The van der Waals surface area contributed by atoms with E-state index in [0.29, 0.717) is 17.9 Å². The van der Waals surface area contributed by atoms with Crippen molar-refractivity contribution < 1.29 is 18.0 Å². The second-order valence-corrected chi connectivity index (χ2v) is 5.95. The minimum Gasteiger partial charge on any atom is -0.358 e. The second kappa shape index (κ2) is 6.01. The minimum absolute atomic E-state index is 0.122. The number of anilines is 2. The summed E-state index contributed by atoms with van der Waals surface area (Å²) in [6.07, 6.45) is -1.09. The number of carbonyl (C=O) groups excluding carboxylic acids is 1. The van der Waals surface area contributed by atoms with Crippen molar-refractivity contribution in [2.75, 3.05) is 16.8 Å². The number of rotatable bonds is 3. The van der Waals surface area contributed by atoms with Gasteiger partial charge in [-0.05, 0) is 24.6 Å². The van der Waals surface area contributed by atoms with Crippen LogP contribution in [0.3, 0.4) is 0 Å². The van der Waals surface area contributed by atoms with Crippen LogP contribution in [0.5, 0.6) is 0 Å². The molecule has 1 unspecified atom stereocenters. The third-order valence-electron chi connectivity index (χ3n) is 4.37. The number of hydrogen-bond acceptors (Lipinski definition) is 4. The standard InChI is InChI=1S/C17H14F3N5O/c18-17(19,20)11-3-1-2-4-13(11)25-8-6-12(16(25)26)24-15-10-5-7-21-14(10)22-9-23-15/h1-5,7,9,12H,6,8H2,(H2,21,22,23,24). The van der Waals surface area contributed by atoms with Crippen molar-refractivity contribution in [2.45, 2.75) is 18.6 Å². The molecule has 1 atom stereocenters. The number of benzene rings is 1. The summed E-state index contributed by atoms with van der Waals surface area (Å²) in [5.41, 5.74) is -0.319. The maximum atomic E-state index is 13.2. The van der Waals surface area contributed by atoms with Gasteiger partial charge in [0.15, 0.2) is 0 Å². The Bertz CT molecular complexity index is 968. The Morgan fingerprint density at radius 1 is 1.19 bits per heavy atom. The normalized spacial score (nSPS) is 17.9. The van der Waals surface area contributed by atoms with Crippen molar-refractivity contribution in [3.05, 3.63) is 48.4 Å². The van der Waals surface area contributed by atoms with Crippen LogP contribution >= 0.6 is 0 Å². The average Bonchev–Trinajstić information content (AvgIpc) is 3.22. The Morgan fingerprint density at radius 3 is 2.81 bits per heavy atom. The van der Waals surface area contributed by atoms with Crippen LogP contribution < -0.4 is 10.2 Å². The largest absolute Gasteiger partial charge is 0.418 e. The zero-order valence-corrected chi connectivity index (χ0v) is 13.4. The molecule has 1 saturated heterocycles. The van der Waals surface area contributed by atoms with Crippen LogP contribution in [-0.4, -0.2) is 33.4 Å². The first-order valence-corrected chi connectivity index (χ1v) is 7.97. The Hall–Kier alpha value is -3.10. The maximum Gasteiger partial charge on any atom is 0.418 e. The number of para-hydroxylation sites is 1. The van der Waals surface area contributed by atoms with E-state index in [9.17, 15) is 18.0 Å². The van der Waals surface area contributed by atoms with E-state index in [0.717, 1.165) is 11.5 Å². The molecule has 26 heavy (non-hydrogen) atoms. The topological polar surface area (TPSA) is 73.9 Å². The molecule has 0 aliphatic carbocycles. The highest BCUT2D eigenvalue weighted by atomic mass is 19.4. The molecule has 9 heteroatoms. The molecule has 1 aliphatic rings. The molecule has 1 aliphatic heterocycles. The minimum atomic E-state index is -4.52. The molecule has 2 aromatic heterocycles. The molecule has 3 heterocycles. The van der Waals surface area contributed by atoms with E-state index in [4.69, 9.17) is 0 Å². The molecule has 1 fully saturated rings. The molecule has 6 nitrogen and oxygen atoms in total. The van der Waals surface area contributed by atoms with E-state index in [1.165, 1.54) is 29.4 Å². The van der Waals surface area contributed by atoms with Crippen molar-refractivity contribution in [3.63, 3.8) is 0 Å². The second-order valence-electron chi connectivity index (χ2n) is 5.95. The van der Waals surface area contributed by atoms with Gasteiger partial charge >= 0.3 is 6.18 Å². The first-order chi connectivity index (χ1) is 12.4.